The van der Waals surface area contributed by atoms with Crippen LogP contribution in [0.3, 0.4) is 0 Å². The van der Waals surface area contributed by atoms with Crippen LogP contribution in [0.15, 0.2) is 0 Å². The standard InChI is InChI=1S/C8H16N2O2/c9-5-2-6-10-8(7(11)12)3-1-4-8/h10H,1-6,9H2,(H,11,12). The molecule has 0 atom stereocenters. The van der Waals surface area contributed by atoms with E-state index in [1.807, 2.05) is 0 Å². The van der Waals surface area contributed by atoms with Crippen LogP contribution in [-0.4, -0.2) is 29.7 Å². The van der Waals surface area contributed by atoms with Gasteiger partial charge in [-0.05, 0) is 38.8 Å². The summed E-state index contributed by atoms with van der Waals surface area (Å²) in [5.74, 6) is -0.717. The third kappa shape index (κ3) is 1.76. The molecule has 0 unspecified atom stereocenters. The SMILES string of the molecule is NCCCNC1(C(=O)O)CCC1. The molecule has 4 heteroatoms. The molecule has 4 N–H and O–H groups in total. The molecule has 1 aliphatic carbocycles. The van der Waals surface area contributed by atoms with Gasteiger partial charge < -0.3 is 16.2 Å². The van der Waals surface area contributed by atoms with Gasteiger partial charge in [-0.15, -0.1) is 0 Å². The summed E-state index contributed by atoms with van der Waals surface area (Å²) in [6, 6.07) is 0. The van der Waals surface area contributed by atoms with Crippen LogP contribution in [0.2, 0.25) is 0 Å². The van der Waals surface area contributed by atoms with Crippen LogP contribution < -0.4 is 11.1 Å². The van der Waals surface area contributed by atoms with Crippen molar-refractivity contribution in [3.63, 3.8) is 0 Å². The van der Waals surface area contributed by atoms with Crippen molar-refractivity contribution in [1.82, 2.24) is 5.32 Å². The summed E-state index contributed by atoms with van der Waals surface area (Å²) in [5.41, 5.74) is 4.69. The summed E-state index contributed by atoms with van der Waals surface area (Å²) in [5, 5.41) is 11.9. The van der Waals surface area contributed by atoms with E-state index in [0.717, 1.165) is 25.7 Å². The van der Waals surface area contributed by atoms with Crippen molar-refractivity contribution >= 4 is 5.97 Å². The Hall–Kier alpha value is -0.610. The van der Waals surface area contributed by atoms with Gasteiger partial charge >= 0.3 is 5.97 Å². The fraction of sp³-hybridized carbons (Fsp3) is 0.875. The summed E-state index contributed by atoms with van der Waals surface area (Å²) in [7, 11) is 0. The molecule has 0 radical (unpaired) electrons. The summed E-state index contributed by atoms with van der Waals surface area (Å²) in [4.78, 5) is 10.8. The topological polar surface area (TPSA) is 75.3 Å². The first-order valence-corrected chi connectivity index (χ1v) is 4.40. The summed E-state index contributed by atoms with van der Waals surface area (Å²) in [6.07, 6.45) is 3.37. The summed E-state index contributed by atoms with van der Waals surface area (Å²) >= 11 is 0. The maximum Gasteiger partial charge on any atom is 0.323 e. The minimum absolute atomic E-state index is 0.614. The van der Waals surface area contributed by atoms with Crippen molar-refractivity contribution in [2.24, 2.45) is 5.73 Å². The fourth-order valence-corrected chi connectivity index (χ4v) is 1.43. The van der Waals surface area contributed by atoms with Gasteiger partial charge in [0.25, 0.3) is 0 Å². The molecule has 0 saturated heterocycles. The largest absolute Gasteiger partial charge is 0.480 e. The fourth-order valence-electron chi connectivity index (χ4n) is 1.43. The van der Waals surface area contributed by atoms with E-state index in [2.05, 4.69) is 5.32 Å². The number of nitrogens with one attached hydrogen (secondary N) is 1. The molecule has 0 heterocycles. The Kier molecular flexibility index (Phi) is 3.05. The smallest absolute Gasteiger partial charge is 0.323 e. The molecule has 0 amide bonds. The maximum absolute atomic E-state index is 10.8. The molecular weight excluding hydrogens is 156 g/mol. The van der Waals surface area contributed by atoms with Gasteiger partial charge in [-0.1, -0.05) is 0 Å². The van der Waals surface area contributed by atoms with E-state index in [4.69, 9.17) is 10.8 Å². The van der Waals surface area contributed by atoms with Crippen molar-refractivity contribution in [3.8, 4) is 0 Å². The van der Waals surface area contributed by atoms with E-state index < -0.39 is 11.5 Å². The van der Waals surface area contributed by atoms with Crippen LogP contribution in [-0.2, 0) is 4.79 Å². The van der Waals surface area contributed by atoms with Crippen molar-refractivity contribution < 1.29 is 9.90 Å². The number of carboxylic acids is 1. The monoisotopic (exact) mass is 172 g/mol. The molecule has 1 rings (SSSR count). The van der Waals surface area contributed by atoms with E-state index >= 15 is 0 Å². The highest BCUT2D eigenvalue weighted by atomic mass is 16.4. The Labute approximate surface area is 72.1 Å². The van der Waals surface area contributed by atoms with Gasteiger partial charge in [-0.2, -0.15) is 0 Å². The van der Waals surface area contributed by atoms with E-state index in [-0.39, 0.29) is 0 Å². The van der Waals surface area contributed by atoms with Crippen LogP contribution in [0.1, 0.15) is 25.7 Å². The average Bonchev–Trinajstić information content (AvgIpc) is 1.94. The number of hydrogen-bond acceptors (Lipinski definition) is 3. The number of nitrogens with two attached hydrogens (primary N) is 1. The molecule has 1 saturated carbocycles. The summed E-state index contributed by atoms with van der Waals surface area (Å²) < 4.78 is 0. The van der Waals surface area contributed by atoms with Gasteiger partial charge in [0.1, 0.15) is 5.54 Å². The molecule has 12 heavy (non-hydrogen) atoms. The lowest BCUT2D eigenvalue weighted by Gasteiger charge is -2.38. The Morgan fingerprint density at radius 2 is 2.25 bits per heavy atom. The van der Waals surface area contributed by atoms with Gasteiger partial charge in [0.05, 0.1) is 0 Å². The highest BCUT2D eigenvalue weighted by molar-refractivity contribution is 5.79. The Morgan fingerprint density at radius 1 is 1.58 bits per heavy atom. The highest BCUT2D eigenvalue weighted by Gasteiger charge is 2.43. The number of hydrogen-bond donors (Lipinski definition) is 3. The van der Waals surface area contributed by atoms with Crippen LogP contribution in [0, 0.1) is 0 Å². The lowest BCUT2D eigenvalue weighted by atomic mass is 9.77. The van der Waals surface area contributed by atoms with E-state index in [1.54, 1.807) is 0 Å². The summed E-state index contributed by atoms with van der Waals surface area (Å²) in [6.45, 7) is 1.32. The minimum Gasteiger partial charge on any atom is -0.480 e. The molecule has 0 bridgehead atoms. The zero-order valence-corrected chi connectivity index (χ0v) is 7.18. The van der Waals surface area contributed by atoms with Gasteiger partial charge in [0, 0.05) is 0 Å². The lowest BCUT2D eigenvalue weighted by molar-refractivity contribution is -0.148. The first kappa shape index (κ1) is 9.48. The molecule has 0 aliphatic heterocycles. The normalized spacial score (nSPS) is 20.1. The third-order valence-electron chi connectivity index (χ3n) is 2.46. The molecule has 0 aromatic carbocycles. The Morgan fingerprint density at radius 3 is 2.58 bits per heavy atom. The predicted molar refractivity (Wildman–Crippen MR) is 45.9 cm³/mol. The van der Waals surface area contributed by atoms with Gasteiger partial charge in [-0.3, -0.25) is 4.79 Å². The Bertz CT molecular complexity index is 166. The third-order valence-corrected chi connectivity index (χ3v) is 2.46. The molecule has 1 aliphatic rings. The van der Waals surface area contributed by atoms with Gasteiger partial charge in [0.2, 0.25) is 0 Å². The predicted octanol–water partition coefficient (Wildman–Crippen LogP) is -0.0679. The van der Waals surface area contributed by atoms with Crippen LogP contribution in [0.5, 0.6) is 0 Å². The molecule has 0 aromatic heterocycles. The first-order valence-electron chi connectivity index (χ1n) is 4.40. The second-order valence-electron chi connectivity index (χ2n) is 3.31. The number of aliphatic carboxylic acids is 1. The molecule has 0 spiro atoms. The minimum atomic E-state index is -0.717. The van der Waals surface area contributed by atoms with Crippen molar-refractivity contribution in [3.05, 3.63) is 0 Å². The molecule has 1 fully saturated rings. The zero-order valence-electron chi connectivity index (χ0n) is 7.18. The van der Waals surface area contributed by atoms with Crippen molar-refractivity contribution in [2.45, 2.75) is 31.2 Å². The number of carboxylic acid groups (broad SMARTS) is 1. The Balaban J connectivity index is 2.30. The lowest BCUT2D eigenvalue weighted by Crippen LogP contribution is -2.57. The zero-order chi connectivity index (χ0) is 9.03. The van der Waals surface area contributed by atoms with Crippen LogP contribution >= 0.6 is 0 Å². The van der Waals surface area contributed by atoms with E-state index in [9.17, 15) is 4.79 Å². The average molecular weight is 172 g/mol. The first-order chi connectivity index (χ1) is 5.71. The quantitative estimate of drug-likeness (QED) is 0.507. The van der Waals surface area contributed by atoms with Crippen molar-refractivity contribution in [2.75, 3.05) is 13.1 Å². The number of rotatable bonds is 5. The van der Waals surface area contributed by atoms with Crippen LogP contribution in [0.25, 0.3) is 0 Å². The molecule has 4 nitrogen and oxygen atoms in total. The second kappa shape index (κ2) is 3.87. The van der Waals surface area contributed by atoms with Gasteiger partial charge in [-0.25, -0.2) is 0 Å². The maximum atomic E-state index is 10.8. The molecule has 0 aromatic rings. The van der Waals surface area contributed by atoms with Gasteiger partial charge in [0.15, 0.2) is 0 Å². The molecule has 70 valence electrons. The van der Waals surface area contributed by atoms with E-state index in [1.165, 1.54) is 0 Å². The molecular formula is C8H16N2O2. The second-order valence-corrected chi connectivity index (χ2v) is 3.31. The highest BCUT2D eigenvalue weighted by Crippen LogP contribution is 2.31. The van der Waals surface area contributed by atoms with Crippen molar-refractivity contribution in [1.29, 1.82) is 0 Å². The van der Waals surface area contributed by atoms with Crippen LogP contribution in [0.4, 0.5) is 0 Å². The van der Waals surface area contributed by atoms with E-state index in [0.29, 0.717) is 13.1 Å². The number of carbonyl (C=O) groups is 1.